The molecule has 0 fully saturated rings. The zero-order valence-electron chi connectivity index (χ0n) is 14.7. The van der Waals surface area contributed by atoms with Crippen LogP contribution in [0.1, 0.15) is 5.56 Å². The van der Waals surface area contributed by atoms with Crippen LogP contribution in [-0.4, -0.2) is 21.8 Å². The number of nitrogens with zero attached hydrogens (tertiary/aromatic N) is 1. The topological polar surface area (TPSA) is 105 Å². The van der Waals surface area contributed by atoms with Crippen LogP contribution in [-0.2, 0) is 25.8 Å². The van der Waals surface area contributed by atoms with Gasteiger partial charge in [-0.05, 0) is 48.5 Å². The fraction of sp³-hybridized carbons (Fsp3) is 0.0556. The zero-order valence-corrected chi connectivity index (χ0v) is 17.9. The Morgan fingerprint density at radius 1 is 0.793 bits per heavy atom. The number of halogens is 2. The van der Waals surface area contributed by atoms with Crippen molar-refractivity contribution in [2.45, 2.75) is 10.6 Å². The van der Waals surface area contributed by atoms with Crippen molar-refractivity contribution in [2.75, 3.05) is 9.44 Å². The van der Waals surface area contributed by atoms with Crippen molar-refractivity contribution in [1.29, 1.82) is 0 Å². The minimum Gasteiger partial charge on any atom is -0.283 e. The predicted octanol–water partition coefficient (Wildman–Crippen LogP) is 4.13. The second-order valence-corrected chi connectivity index (χ2v) is 10.1. The number of pyridine rings is 1. The Labute approximate surface area is 178 Å². The van der Waals surface area contributed by atoms with E-state index in [0.717, 1.165) is 0 Å². The van der Waals surface area contributed by atoms with Crippen LogP contribution in [0.4, 0.5) is 11.5 Å². The van der Waals surface area contributed by atoms with Gasteiger partial charge in [0.1, 0.15) is 5.82 Å². The molecule has 3 aromatic rings. The van der Waals surface area contributed by atoms with E-state index in [9.17, 15) is 16.8 Å². The smallest absolute Gasteiger partial charge is 0.263 e. The summed E-state index contributed by atoms with van der Waals surface area (Å²) in [6, 6.07) is 14.8. The minimum atomic E-state index is -3.86. The van der Waals surface area contributed by atoms with Crippen LogP contribution in [0.15, 0.2) is 71.8 Å². The Morgan fingerprint density at radius 2 is 1.45 bits per heavy atom. The summed E-state index contributed by atoms with van der Waals surface area (Å²) < 4.78 is 54.4. The monoisotopic (exact) mass is 471 g/mol. The first kappa shape index (κ1) is 21.4. The highest BCUT2D eigenvalue weighted by Crippen LogP contribution is 2.27. The normalized spacial score (nSPS) is 11.8. The van der Waals surface area contributed by atoms with Gasteiger partial charge in [-0.15, -0.1) is 0 Å². The van der Waals surface area contributed by atoms with E-state index in [1.165, 1.54) is 36.5 Å². The number of hydrogen-bond acceptors (Lipinski definition) is 5. The first-order chi connectivity index (χ1) is 13.7. The third kappa shape index (κ3) is 5.60. The Balaban J connectivity index is 1.74. The number of benzene rings is 2. The molecule has 0 saturated heterocycles. The maximum atomic E-state index is 12.4. The van der Waals surface area contributed by atoms with Crippen LogP contribution in [0, 0.1) is 0 Å². The molecule has 0 amide bonds. The summed E-state index contributed by atoms with van der Waals surface area (Å²) in [5.41, 5.74) is 0.479. The van der Waals surface area contributed by atoms with Crippen molar-refractivity contribution in [1.82, 2.24) is 4.98 Å². The highest BCUT2D eigenvalue weighted by Gasteiger charge is 2.18. The maximum absolute atomic E-state index is 12.4. The molecule has 0 bridgehead atoms. The molecule has 152 valence electrons. The summed E-state index contributed by atoms with van der Waals surface area (Å²) in [6.45, 7) is 0. The van der Waals surface area contributed by atoms with Gasteiger partial charge >= 0.3 is 0 Å². The summed E-state index contributed by atoms with van der Waals surface area (Å²) in [5.74, 6) is -0.249. The standard InChI is InChI=1S/C18H15Cl2N3O4S2/c19-16-4-3-5-17(20)15(16)12-28(24,25)22-13-7-9-14(10-8-13)29(26,27)23-18-6-1-2-11-21-18/h1-11,22H,12H2,(H,21,23). The third-order valence-electron chi connectivity index (χ3n) is 3.74. The van der Waals surface area contributed by atoms with E-state index in [1.54, 1.807) is 30.3 Å². The Morgan fingerprint density at radius 3 is 2.03 bits per heavy atom. The molecule has 0 atom stereocenters. The molecule has 1 aromatic heterocycles. The lowest BCUT2D eigenvalue weighted by atomic mass is 10.2. The zero-order chi connectivity index (χ0) is 21.1. The number of anilines is 2. The molecular formula is C18H15Cl2N3O4S2. The number of nitrogens with one attached hydrogen (secondary N) is 2. The lowest BCUT2D eigenvalue weighted by Gasteiger charge is -2.11. The summed E-state index contributed by atoms with van der Waals surface area (Å²) in [7, 11) is -7.68. The molecule has 0 spiro atoms. The largest absolute Gasteiger partial charge is 0.283 e. The molecule has 0 aliphatic rings. The van der Waals surface area contributed by atoms with E-state index in [4.69, 9.17) is 23.2 Å². The Hall–Kier alpha value is -2.33. The van der Waals surface area contributed by atoms with Gasteiger partial charge in [-0.1, -0.05) is 35.3 Å². The molecule has 29 heavy (non-hydrogen) atoms. The second kappa shape index (κ2) is 8.58. The molecule has 2 aromatic carbocycles. The summed E-state index contributed by atoms with van der Waals surface area (Å²) >= 11 is 12.0. The summed E-state index contributed by atoms with van der Waals surface area (Å²) in [6.07, 6.45) is 1.46. The Kier molecular flexibility index (Phi) is 6.33. The first-order valence-electron chi connectivity index (χ1n) is 8.14. The van der Waals surface area contributed by atoms with E-state index in [2.05, 4.69) is 14.4 Å². The molecule has 2 N–H and O–H groups in total. The van der Waals surface area contributed by atoms with E-state index in [-0.39, 0.29) is 32.0 Å². The molecule has 3 rings (SSSR count). The van der Waals surface area contributed by atoms with Gasteiger partial charge in [0, 0.05) is 27.5 Å². The summed E-state index contributed by atoms with van der Waals surface area (Å²) in [5, 5.41) is 0.481. The molecule has 0 radical (unpaired) electrons. The molecule has 0 aliphatic heterocycles. The number of sulfonamides is 2. The van der Waals surface area contributed by atoms with Crippen LogP contribution < -0.4 is 9.44 Å². The molecular weight excluding hydrogens is 457 g/mol. The highest BCUT2D eigenvalue weighted by molar-refractivity contribution is 7.92. The minimum absolute atomic E-state index is 0.0414. The van der Waals surface area contributed by atoms with Gasteiger partial charge in [0.2, 0.25) is 10.0 Å². The number of rotatable bonds is 7. The van der Waals surface area contributed by atoms with E-state index in [0.29, 0.717) is 0 Å². The SMILES string of the molecule is O=S(=O)(Cc1c(Cl)cccc1Cl)Nc1ccc(S(=O)(=O)Nc2ccccn2)cc1. The van der Waals surface area contributed by atoms with E-state index < -0.39 is 25.8 Å². The van der Waals surface area contributed by atoms with E-state index >= 15 is 0 Å². The number of hydrogen-bond donors (Lipinski definition) is 2. The first-order valence-corrected chi connectivity index (χ1v) is 12.0. The average molecular weight is 472 g/mol. The van der Waals surface area contributed by atoms with Gasteiger partial charge in [0.05, 0.1) is 10.6 Å². The van der Waals surface area contributed by atoms with E-state index in [1.807, 2.05) is 0 Å². The quantitative estimate of drug-likeness (QED) is 0.538. The van der Waals surface area contributed by atoms with Crippen molar-refractivity contribution in [2.24, 2.45) is 0 Å². The highest BCUT2D eigenvalue weighted by atomic mass is 35.5. The molecule has 1 heterocycles. The summed E-state index contributed by atoms with van der Waals surface area (Å²) in [4.78, 5) is 3.86. The van der Waals surface area contributed by atoms with Crippen LogP contribution in [0.2, 0.25) is 10.0 Å². The molecule has 11 heteroatoms. The van der Waals surface area contributed by atoms with Crippen LogP contribution in [0.25, 0.3) is 0 Å². The molecule has 0 aliphatic carbocycles. The molecule has 7 nitrogen and oxygen atoms in total. The Bertz CT molecular complexity index is 1200. The van der Waals surface area contributed by atoms with Crippen LogP contribution in [0.3, 0.4) is 0 Å². The lowest BCUT2D eigenvalue weighted by molar-refractivity contribution is 0.599. The van der Waals surface area contributed by atoms with Crippen molar-refractivity contribution < 1.29 is 16.8 Å². The van der Waals surface area contributed by atoms with Crippen molar-refractivity contribution >= 4 is 54.8 Å². The van der Waals surface area contributed by atoms with Crippen LogP contribution >= 0.6 is 23.2 Å². The third-order valence-corrected chi connectivity index (χ3v) is 7.03. The van der Waals surface area contributed by atoms with Crippen molar-refractivity contribution in [3.63, 3.8) is 0 Å². The average Bonchev–Trinajstić information content (AvgIpc) is 2.65. The fourth-order valence-electron chi connectivity index (χ4n) is 2.40. The second-order valence-electron chi connectivity index (χ2n) is 5.91. The number of aromatic nitrogens is 1. The molecule has 0 unspecified atom stereocenters. The van der Waals surface area contributed by atoms with Crippen molar-refractivity contribution in [3.05, 3.63) is 82.5 Å². The van der Waals surface area contributed by atoms with Gasteiger partial charge in [0.25, 0.3) is 10.0 Å². The van der Waals surface area contributed by atoms with Gasteiger partial charge in [-0.3, -0.25) is 9.44 Å². The predicted molar refractivity (Wildman–Crippen MR) is 114 cm³/mol. The van der Waals surface area contributed by atoms with Crippen LogP contribution in [0.5, 0.6) is 0 Å². The lowest BCUT2D eigenvalue weighted by Crippen LogP contribution is -2.16. The molecule has 0 saturated carbocycles. The van der Waals surface area contributed by atoms with Gasteiger partial charge < -0.3 is 0 Å². The van der Waals surface area contributed by atoms with Gasteiger partial charge in [-0.2, -0.15) is 0 Å². The maximum Gasteiger partial charge on any atom is 0.263 e. The van der Waals surface area contributed by atoms with Crippen molar-refractivity contribution in [3.8, 4) is 0 Å². The van der Waals surface area contributed by atoms with Gasteiger partial charge in [-0.25, -0.2) is 21.8 Å². The fourth-order valence-corrected chi connectivity index (χ4v) is 5.35. The van der Waals surface area contributed by atoms with Gasteiger partial charge in [0.15, 0.2) is 0 Å².